The number of nitrogens with one attached hydrogen (secondary N) is 4. The van der Waals surface area contributed by atoms with Crippen LogP contribution in [0.2, 0.25) is 0 Å². The molecule has 1 amide bonds. The van der Waals surface area contributed by atoms with Crippen LogP contribution >= 0.6 is 0 Å². The van der Waals surface area contributed by atoms with Gasteiger partial charge in [-0.3, -0.25) is 4.79 Å². The number of hydrazine groups is 1. The zero-order valence-electron chi connectivity index (χ0n) is 14.9. The third-order valence-corrected chi connectivity index (χ3v) is 5.07. The lowest BCUT2D eigenvalue weighted by atomic mass is 10.0. The van der Waals surface area contributed by atoms with E-state index in [1.807, 2.05) is 18.3 Å². The second-order valence-electron chi connectivity index (χ2n) is 6.94. The molecule has 2 heterocycles. The standard InChI is InChI=1S/C21H24N4O/c1-14-6-8-15(9-7-14)19-12-20(25-24-19)21(26)22-11-10-16-13-23-18-5-3-2-4-17(16)18/h2-9,13,19-20,23-25H,10-12H2,1H3,(H,22,26). The first-order valence-corrected chi connectivity index (χ1v) is 9.11. The van der Waals surface area contributed by atoms with E-state index in [0.717, 1.165) is 18.4 Å². The van der Waals surface area contributed by atoms with E-state index in [1.54, 1.807) is 0 Å². The molecule has 2 unspecified atom stereocenters. The van der Waals surface area contributed by atoms with Crippen molar-refractivity contribution in [2.45, 2.75) is 31.8 Å². The van der Waals surface area contributed by atoms with E-state index in [9.17, 15) is 4.79 Å². The molecule has 4 rings (SSSR count). The molecule has 0 spiro atoms. The molecule has 0 radical (unpaired) electrons. The average Bonchev–Trinajstić information content (AvgIpc) is 3.30. The van der Waals surface area contributed by atoms with Gasteiger partial charge in [0.05, 0.1) is 0 Å². The zero-order valence-corrected chi connectivity index (χ0v) is 14.9. The number of para-hydroxylation sites is 1. The predicted octanol–water partition coefficient (Wildman–Crippen LogP) is 2.74. The molecule has 3 aromatic rings. The van der Waals surface area contributed by atoms with E-state index < -0.39 is 0 Å². The van der Waals surface area contributed by atoms with Crippen LogP contribution in [0.5, 0.6) is 0 Å². The Labute approximate surface area is 153 Å². The quantitative estimate of drug-likeness (QED) is 0.573. The van der Waals surface area contributed by atoms with E-state index in [0.29, 0.717) is 6.54 Å². The van der Waals surface area contributed by atoms with Crippen molar-refractivity contribution >= 4 is 16.8 Å². The fraction of sp³-hybridized carbons (Fsp3) is 0.286. The first kappa shape index (κ1) is 16.8. The van der Waals surface area contributed by atoms with Gasteiger partial charge in [-0.25, -0.2) is 10.9 Å². The van der Waals surface area contributed by atoms with Gasteiger partial charge in [-0.15, -0.1) is 0 Å². The van der Waals surface area contributed by atoms with Crippen LogP contribution in [0.25, 0.3) is 10.9 Å². The Bertz CT molecular complexity index is 900. The van der Waals surface area contributed by atoms with Gasteiger partial charge >= 0.3 is 0 Å². The molecule has 134 valence electrons. The maximum absolute atomic E-state index is 12.4. The van der Waals surface area contributed by atoms with Gasteiger partial charge in [-0.1, -0.05) is 48.0 Å². The maximum atomic E-state index is 12.4. The van der Waals surface area contributed by atoms with Gasteiger partial charge in [0.2, 0.25) is 5.91 Å². The summed E-state index contributed by atoms with van der Waals surface area (Å²) in [6, 6.07) is 16.6. The summed E-state index contributed by atoms with van der Waals surface area (Å²) >= 11 is 0. The van der Waals surface area contributed by atoms with Gasteiger partial charge in [-0.05, 0) is 37.0 Å². The minimum absolute atomic E-state index is 0.0481. The van der Waals surface area contributed by atoms with Gasteiger partial charge in [-0.2, -0.15) is 0 Å². The fourth-order valence-corrected chi connectivity index (χ4v) is 3.53. The molecule has 4 N–H and O–H groups in total. The smallest absolute Gasteiger partial charge is 0.238 e. The molecule has 2 atom stereocenters. The molecule has 0 aliphatic carbocycles. The topological polar surface area (TPSA) is 69.0 Å². The highest BCUT2D eigenvalue weighted by Crippen LogP contribution is 2.22. The van der Waals surface area contributed by atoms with E-state index in [2.05, 4.69) is 64.5 Å². The SMILES string of the molecule is Cc1ccc(C2CC(C(=O)NCCc3c[nH]c4ccccc34)NN2)cc1. The highest BCUT2D eigenvalue weighted by atomic mass is 16.2. The monoisotopic (exact) mass is 348 g/mol. The van der Waals surface area contributed by atoms with Crippen molar-refractivity contribution in [3.8, 4) is 0 Å². The van der Waals surface area contributed by atoms with Gasteiger partial charge in [0.15, 0.2) is 0 Å². The molecule has 1 saturated heterocycles. The van der Waals surface area contributed by atoms with Crippen molar-refractivity contribution in [2.75, 3.05) is 6.54 Å². The van der Waals surface area contributed by atoms with Crippen molar-refractivity contribution < 1.29 is 4.79 Å². The third kappa shape index (κ3) is 3.49. The van der Waals surface area contributed by atoms with Crippen LogP contribution in [-0.4, -0.2) is 23.5 Å². The Morgan fingerprint density at radius 3 is 2.77 bits per heavy atom. The van der Waals surface area contributed by atoms with Crippen LogP contribution in [-0.2, 0) is 11.2 Å². The number of aromatic amines is 1. The summed E-state index contributed by atoms with van der Waals surface area (Å²) in [7, 11) is 0. The number of hydrogen-bond acceptors (Lipinski definition) is 3. The van der Waals surface area contributed by atoms with Crippen molar-refractivity contribution in [1.82, 2.24) is 21.2 Å². The molecule has 0 bridgehead atoms. The Morgan fingerprint density at radius 1 is 1.12 bits per heavy atom. The second kappa shape index (κ2) is 7.32. The number of hydrogen-bond donors (Lipinski definition) is 4. The van der Waals surface area contributed by atoms with Gasteiger partial charge < -0.3 is 10.3 Å². The number of carbonyl (C=O) groups is 1. The number of rotatable bonds is 5. The Kier molecular flexibility index (Phi) is 4.73. The maximum Gasteiger partial charge on any atom is 0.238 e. The number of aromatic nitrogens is 1. The number of H-pyrrole nitrogens is 1. The van der Waals surface area contributed by atoms with Gasteiger partial charge in [0, 0.05) is 29.7 Å². The van der Waals surface area contributed by atoms with Crippen molar-refractivity contribution in [2.24, 2.45) is 0 Å². The minimum atomic E-state index is -0.204. The van der Waals surface area contributed by atoms with Crippen molar-refractivity contribution in [1.29, 1.82) is 0 Å². The first-order chi connectivity index (χ1) is 12.7. The summed E-state index contributed by atoms with van der Waals surface area (Å²) < 4.78 is 0. The molecule has 2 aromatic carbocycles. The van der Waals surface area contributed by atoms with Crippen LogP contribution in [0.3, 0.4) is 0 Å². The Morgan fingerprint density at radius 2 is 1.92 bits per heavy atom. The lowest BCUT2D eigenvalue weighted by Crippen LogP contribution is -2.43. The lowest BCUT2D eigenvalue weighted by molar-refractivity contribution is -0.122. The minimum Gasteiger partial charge on any atom is -0.361 e. The summed E-state index contributed by atoms with van der Waals surface area (Å²) in [4.78, 5) is 15.7. The summed E-state index contributed by atoms with van der Waals surface area (Å²) in [5.41, 5.74) is 11.2. The highest BCUT2D eigenvalue weighted by molar-refractivity contribution is 5.84. The number of aryl methyl sites for hydroxylation is 1. The van der Waals surface area contributed by atoms with Crippen molar-refractivity contribution in [3.05, 3.63) is 71.4 Å². The number of benzene rings is 2. The van der Waals surface area contributed by atoms with Crippen LogP contribution in [0, 0.1) is 6.92 Å². The molecule has 5 nitrogen and oxygen atoms in total. The summed E-state index contributed by atoms with van der Waals surface area (Å²) in [6.07, 6.45) is 3.60. The highest BCUT2D eigenvalue weighted by Gasteiger charge is 2.29. The average molecular weight is 348 g/mol. The zero-order chi connectivity index (χ0) is 17.9. The van der Waals surface area contributed by atoms with Crippen LogP contribution in [0.15, 0.2) is 54.7 Å². The van der Waals surface area contributed by atoms with Crippen molar-refractivity contribution in [3.63, 3.8) is 0 Å². The predicted molar refractivity (Wildman–Crippen MR) is 104 cm³/mol. The van der Waals surface area contributed by atoms with Gasteiger partial charge in [0.25, 0.3) is 0 Å². The largest absolute Gasteiger partial charge is 0.361 e. The van der Waals surface area contributed by atoms with Crippen LogP contribution in [0.1, 0.15) is 29.2 Å². The lowest BCUT2D eigenvalue weighted by Gasteiger charge is -2.11. The van der Waals surface area contributed by atoms with E-state index in [1.165, 1.54) is 22.1 Å². The van der Waals surface area contributed by atoms with E-state index in [-0.39, 0.29) is 18.0 Å². The van der Waals surface area contributed by atoms with Gasteiger partial charge in [0.1, 0.15) is 6.04 Å². The molecular formula is C21H24N4O. The summed E-state index contributed by atoms with van der Waals surface area (Å²) in [5.74, 6) is 0.0481. The molecular weight excluding hydrogens is 324 g/mol. The summed E-state index contributed by atoms with van der Waals surface area (Å²) in [6.45, 7) is 2.71. The molecule has 1 aromatic heterocycles. The molecule has 5 heteroatoms. The molecule has 1 aliphatic rings. The fourth-order valence-electron chi connectivity index (χ4n) is 3.53. The number of carbonyl (C=O) groups excluding carboxylic acids is 1. The molecule has 26 heavy (non-hydrogen) atoms. The van der Waals surface area contributed by atoms with E-state index in [4.69, 9.17) is 0 Å². The van der Waals surface area contributed by atoms with Crippen LogP contribution < -0.4 is 16.2 Å². The Hall–Kier alpha value is -2.63. The first-order valence-electron chi connectivity index (χ1n) is 9.11. The number of fused-ring (bicyclic) bond motifs is 1. The summed E-state index contributed by atoms with van der Waals surface area (Å²) in [5, 5.41) is 4.28. The normalized spacial score (nSPS) is 19.7. The molecule has 0 saturated carbocycles. The Balaban J connectivity index is 1.29. The van der Waals surface area contributed by atoms with E-state index >= 15 is 0 Å². The second-order valence-corrected chi connectivity index (χ2v) is 6.94. The van der Waals surface area contributed by atoms with Crippen LogP contribution in [0.4, 0.5) is 0 Å². The molecule has 1 fully saturated rings. The third-order valence-electron chi connectivity index (χ3n) is 5.07. The number of amides is 1. The molecule has 1 aliphatic heterocycles.